The number of benzene rings is 1. The Morgan fingerprint density at radius 2 is 1.83 bits per heavy atom. The number of sulfonamides is 1. The normalized spacial score (nSPS) is 20.7. The van der Waals surface area contributed by atoms with E-state index in [4.69, 9.17) is 0 Å². The molecular weight excluding hydrogens is 408 g/mol. The quantitative estimate of drug-likeness (QED) is 0.704. The van der Waals surface area contributed by atoms with Crippen molar-refractivity contribution in [1.29, 1.82) is 0 Å². The highest BCUT2D eigenvalue weighted by Gasteiger charge is 2.42. The molecule has 1 aliphatic rings. The van der Waals surface area contributed by atoms with Crippen molar-refractivity contribution in [3.05, 3.63) is 29.3 Å². The molecule has 1 amide bonds. The molecule has 1 aromatic carbocycles. The molecule has 0 radical (unpaired) electrons. The summed E-state index contributed by atoms with van der Waals surface area (Å²) in [4.78, 5) is 15.2. The third-order valence-electron chi connectivity index (χ3n) is 6.11. The van der Waals surface area contributed by atoms with Gasteiger partial charge in [0.1, 0.15) is 6.04 Å². The number of carbonyl (C=O) groups excluding carboxylic acids is 1. The highest BCUT2D eigenvalue weighted by molar-refractivity contribution is 7.89. The molecule has 8 heteroatoms. The van der Waals surface area contributed by atoms with Gasteiger partial charge in [0, 0.05) is 29.6 Å². The van der Waals surface area contributed by atoms with Gasteiger partial charge < -0.3 is 4.90 Å². The fourth-order valence-electron chi connectivity index (χ4n) is 3.68. The molecule has 1 N–H and O–H groups in total. The van der Waals surface area contributed by atoms with Crippen LogP contribution < -0.4 is 4.72 Å². The number of nitrogens with zero attached hydrogens (tertiary/aromatic N) is 1. The van der Waals surface area contributed by atoms with E-state index < -0.39 is 31.6 Å². The first-order valence-electron chi connectivity index (χ1n) is 10.2. The summed E-state index contributed by atoms with van der Waals surface area (Å²) in [5.41, 5.74) is 1.90. The maximum Gasteiger partial charge on any atom is 0.241 e. The molecule has 0 bridgehead atoms. The van der Waals surface area contributed by atoms with E-state index in [1.54, 1.807) is 23.1 Å². The van der Waals surface area contributed by atoms with Gasteiger partial charge in [-0.25, -0.2) is 8.42 Å². The smallest absolute Gasteiger partial charge is 0.241 e. The summed E-state index contributed by atoms with van der Waals surface area (Å²) in [7, 11) is -4.82. The molecule has 2 atom stereocenters. The van der Waals surface area contributed by atoms with Crippen molar-refractivity contribution in [2.45, 2.75) is 70.1 Å². The highest BCUT2D eigenvalue weighted by atomic mass is 32.2. The lowest BCUT2D eigenvalue weighted by molar-refractivity contribution is -0.134. The molecule has 0 aromatic heterocycles. The van der Waals surface area contributed by atoms with Crippen LogP contribution in [0.2, 0.25) is 0 Å². The third-order valence-corrected chi connectivity index (χ3v) is 9.78. The topological polar surface area (TPSA) is 83.6 Å². The van der Waals surface area contributed by atoms with Crippen LogP contribution in [-0.2, 0) is 25.6 Å². The first-order chi connectivity index (χ1) is 13.5. The molecule has 1 aliphatic heterocycles. The minimum absolute atomic E-state index is 0.162. The van der Waals surface area contributed by atoms with Gasteiger partial charge in [-0.05, 0) is 55.9 Å². The minimum Gasteiger partial charge on any atom is -0.339 e. The molecule has 6 nitrogen and oxygen atoms in total. The fraction of sp³-hybridized carbons (Fsp3) is 0.667. The van der Waals surface area contributed by atoms with Crippen LogP contribution in [0.4, 0.5) is 0 Å². The van der Waals surface area contributed by atoms with E-state index in [2.05, 4.69) is 4.72 Å². The third kappa shape index (κ3) is 5.09. The van der Waals surface area contributed by atoms with Crippen LogP contribution in [0.1, 0.15) is 51.7 Å². The van der Waals surface area contributed by atoms with E-state index in [0.29, 0.717) is 18.8 Å². The van der Waals surface area contributed by atoms with Gasteiger partial charge in [-0.2, -0.15) is 4.72 Å². The summed E-state index contributed by atoms with van der Waals surface area (Å²) in [6, 6.07) is 4.10. The van der Waals surface area contributed by atoms with Crippen LogP contribution in [0.25, 0.3) is 0 Å². The zero-order chi connectivity index (χ0) is 22.0. The maximum atomic E-state index is 13.3. The van der Waals surface area contributed by atoms with Crippen LogP contribution in [0, 0.1) is 19.8 Å². The largest absolute Gasteiger partial charge is 0.339 e. The average molecular weight is 443 g/mol. The van der Waals surface area contributed by atoms with Crippen LogP contribution in [-0.4, -0.2) is 53.1 Å². The van der Waals surface area contributed by atoms with Crippen molar-refractivity contribution in [3.63, 3.8) is 0 Å². The lowest BCUT2D eigenvalue weighted by atomic mass is 9.99. The average Bonchev–Trinajstić information content (AvgIpc) is 2.68. The van der Waals surface area contributed by atoms with E-state index in [1.165, 1.54) is 0 Å². The number of rotatable bonds is 7. The molecule has 29 heavy (non-hydrogen) atoms. The molecule has 0 saturated carbocycles. The predicted octanol–water partition coefficient (Wildman–Crippen LogP) is 2.76. The van der Waals surface area contributed by atoms with Gasteiger partial charge in [0.25, 0.3) is 0 Å². The van der Waals surface area contributed by atoms with Crippen LogP contribution in [0.15, 0.2) is 23.1 Å². The number of aryl methyl sites for hydroxylation is 2. The van der Waals surface area contributed by atoms with Crippen molar-refractivity contribution in [3.8, 4) is 0 Å². The van der Waals surface area contributed by atoms with Gasteiger partial charge in [0.2, 0.25) is 15.9 Å². The Kier molecular flexibility index (Phi) is 7.68. The molecule has 1 fully saturated rings. The molecule has 0 spiro atoms. The zero-order valence-corrected chi connectivity index (χ0v) is 20.0. The summed E-state index contributed by atoms with van der Waals surface area (Å²) >= 11 is 0. The number of nitrogens with one attached hydrogen (secondary N) is 1. The Hall–Kier alpha value is -1.25. The van der Waals surface area contributed by atoms with Gasteiger partial charge in [-0.1, -0.05) is 33.8 Å². The Morgan fingerprint density at radius 1 is 1.21 bits per heavy atom. The monoisotopic (exact) mass is 442 g/mol. The molecule has 1 heterocycles. The number of hydrogen-bond acceptors (Lipinski definition) is 4. The minimum atomic E-state index is -3.84. The van der Waals surface area contributed by atoms with E-state index in [1.807, 2.05) is 41.5 Å². The summed E-state index contributed by atoms with van der Waals surface area (Å²) in [5.74, 6) is -0.0217. The lowest BCUT2D eigenvalue weighted by Gasteiger charge is -2.42. The fourth-order valence-corrected chi connectivity index (χ4v) is 6.86. The molecule has 1 aromatic rings. The van der Waals surface area contributed by atoms with Crippen LogP contribution in [0.3, 0.4) is 0 Å². The van der Waals surface area contributed by atoms with Gasteiger partial charge in [-0.3, -0.25) is 9.00 Å². The summed E-state index contributed by atoms with van der Waals surface area (Å²) in [6.45, 7) is 12.2. The second kappa shape index (κ2) is 9.27. The second-order valence-corrected chi connectivity index (χ2v) is 12.0. The number of hydrogen-bond donors (Lipinski definition) is 1. The van der Waals surface area contributed by atoms with E-state index in [-0.39, 0.29) is 16.7 Å². The van der Waals surface area contributed by atoms with Gasteiger partial charge in [0.05, 0.1) is 9.64 Å². The van der Waals surface area contributed by atoms with Crippen molar-refractivity contribution < 1.29 is 17.4 Å². The molecule has 0 aliphatic carbocycles. The van der Waals surface area contributed by atoms with Crippen LogP contribution in [0.5, 0.6) is 0 Å². The van der Waals surface area contributed by atoms with Crippen LogP contribution >= 0.6 is 0 Å². The van der Waals surface area contributed by atoms with Gasteiger partial charge in [0.15, 0.2) is 0 Å². The Bertz CT molecular complexity index is 877. The second-order valence-electron chi connectivity index (χ2n) is 8.29. The van der Waals surface area contributed by atoms with Gasteiger partial charge in [-0.15, -0.1) is 0 Å². The van der Waals surface area contributed by atoms with Crippen molar-refractivity contribution in [2.24, 2.45) is 5.92 Å². The highest BCUT2D eigenvalue weighted by Crippen LogP contribution is 2.29. The number of carbonyl (C=O) groups is 1. The van der Waals surface area contributed by atoms with Crippen molar-refractivity contribution >= 4 is 26.7 Å². The maximum absolute atomic E-state index is 13.3. The Labute approximate surface area is 178 Å². The predicted molar refractivity (Wildman–Crippen MR) is 118 cm³/mol. The molecule has 2 rings (SSSR count). The molecule has 0 unspecified atom stereocenters. The first kappa shape index (κ1) is 24.0. The molecule has 1 saturated heterocycles. The van der Waals surface area contributed by atoms with Gasteiger partial charge >= 0.3 is 0 Å². The summed E-state index contributed by atoms with van der Waals surface area (Å²) < 4.78 is 40.7. The van der Waals surface area contributed by atoms with Crippen molar-refractivity contribution in [2.75, 3.05) is 18.8 Å². The number of amides is 1. The SMILES string of the molecule is CCC1(CC)CN(C(=O)[C@H](NS(=O)(=O)c2ccc(C)c(C)c2)C(C)C)CC[S@]1=O. The Morgan fingerprint density at radius 3 is 2.34 bits per heavy atom. The molecular formula is C21H34N2O4S2. The first-order valence-corrected chi connectivity index (χ1v) is 13.0. The van der Waals surface area contributed by atoms with E-state index >= 15 is 0 Å². The van der Waals surface area contributed by atoms with Crippen molar-refractivity contribution in [1.82, 2.24) is 9.62 Å². The standard InChI is InChI=1S/C21H34N2O4S2/c1-7-21(8-2)14-23(11-12-28(21)25)20(24)19(15(3)4)22-29(26,27)18-10-9-16(5)17(6)13-18/h9-10,13,15,19,22H,7-8,11-12,14H2,1-6H3/t19-,28-/m1/s1. The molecule has 164 valence electrons. The zero-order valence-electron chi connectivity index (χ0n) is 18.3. The summed E-state index contributed by atoms with van der Waals surface area (Å²) in [5, 5.41) is 0. The lowest BCUT2D eigenvalue weighted by Crippen LogP contribution is -2.59. The Balaban J connectivity index is 2.28. The summed E-state index contributed by atoms with van der Waals surface area (Å²) in [6.07, 6.45) is 1.45. The van der Waals surface area contributed by atoms with E-state index in [9.17, 15) is 17.4 Å². The van der Waals surface area contributed by atoms with E-state index in [0.717, 1.165) is 24.0 Å².